The van der Waals surface area contributed by atoms with E-state index in [1.54, 1.807) is 0 Å². The van der Waals surface area contributed by atoms with Gasteiger partial charge in [-0.1, -0.05) is 0 Å². The first-order valence-electron chi connectivity index (χ1n) is 3.81. The minimum Gasteiger partial charge on any atom is -0.481 e. The van der Waals surface area contributed by atoms with Crippen LogP contribution >= 0.6 is 0 Å². The van der Waals surface area contributed by atoms with Gasteiger partial charge < -0.3 is 21.1 Å². The number of aliphatic carboxylic acids is 2. The van der Waals surface area contributed by atoms with Gasteiger partial charge in [-0.05, 0) is 12.8 Å². The Labute approximate surface area is 75.0 Å². The molecule has 0 spiro atoms. The lowest BCUT2D eigenvalue weighted by molar-refractivity contribution is -0.139. The molecule has 5 N–H and O–H groups in total. The molecule has 0 unspecified atom stereocenters. The van der Waals surface area contributed by atoms with Crippen molar-refractivity contribution >= 4 is 11.9 Å². The first-order valence-corrected chi connectivity index (χ1v) is 3.81. The van der Waals surface area contributed by atoms with E-state index >= 15 is 0 Å². The van der Waals surface area contributed by atoms with Crippen molar-refractivity contribution in [2.75, 3.05) is 0 Å². The summed E-state index contributed by atoms with van der Waals surface area (Å²) in [5.41, 5.74) is 5.12. The van der Waals surface area contributed by atoms with E-state index in [-0.39, 0.29) is 19.3 Å². The number of carbonyl (C=O) groups is 2. The fourth-order valence-electron chi connectivity index (χ4n) is 0.802. The highest BCUT2D eigenvalue weighted by Crippen LogP contribution is 2.04. The van der Waals surface area contributed by atoms with Crippen molar-refractivity contribution in [1.29, 1.82) is 0 Å². The molecule has 0 aliphatic heterocycles. The van der Waals surface area contributed by atoms with Crippen LogP contribution in [0.1, 0.15) is 19.3 Å². The molecule has 0 aliphatic carbocycles. The van der Waals surface area contributed by atoms with E-state index < -0.39 is 24.1 Å². The molecule has 0 bridgehead atoms. The van der Waals surface area contributed by atoms with Crippen LogP contribution in [-0.2, 0) is 9.59 Å². The molecule has 0 saturated carbocycles. The van der Waals surface area contributed by atoms with E-state index in [2.05, 4.69) is 0 Å². The summed E-state index contributed by atoms with van der Waals surface area (Å²) in [4.78, 5) is 20.3. The standard InChI is InChI=1S/C7H13NO5/c8-5(7(12)13)3-4(9)1-2-6(10)11/h4-5,9H,1-3,8H2,(H,10,11)(H,12,13)/t4-,5+/m1/s1. The number of hydrogen-bond acceptors (Lipinski definition) is 4. The molecule has 0 aliphatic rings. The number of rotatable bonds is 6. The highest BCUT2D eigenvalue weighted by molar-refractivity contribution is 5.73. The smallest absolute Gasteiger partial charge is 0.320 e. The van der Waals surface area contributed by atoms with Gasteiger partial charge in [0.05, 0.1) is 6.10 Å². The van der Waals surface area contributed by atoms with E-state index in [0.717, 1.165) is 0 Å². The predicted molar refractivity (Wildman–Crippen MR) is 43.1 cm³/mol. The number of carboxylic acid groups (broad SMARTS) is 2. The Morgan fingerprint density at radius 3 is 2.23 bits per heavy atom. The molecule has 0 fully saturated rings. The summed E-state index contributed by atoms with van der Waals surface area (Å²) in [7, 11) is 0. The third-order valence-electron chi connectivity index (χ3n) is 1.53. The Morgan fingerprint density at radius 2 is 1.85 bits per heavy atom. The largest absolute Gasteiger partial charge is 0.481 e. The number of hydrogen-bond donors (Lipinski definition) is 4. The predicted octanol–water partition coefficient (Wildman–Crippen LogP) is -0.986. The van der Waals surface area contributed by atoms with Crippen molar-refractivity contribution in [1.82, 2.24) is 0 Å². The van der Waals surface area contributed by atoms with Gasteiger partial charge in [0.1, 0.15) is 6.04 Å². The third kappa shape index (κ3) is 6.06. The number of nitrogens with two attached hydrogens (primary N) is 1. The normalized spacial score (nSPS) is 14.9. The van der Waals surface area contributed by atoms with Gasteiger partial charge in [-0.2, -0.15) is 0 Å². The van der Waals surface area contributed by atoms with Crippen molar-refractivity contribution in [3.63, 3.8) is 0 Å². The molecule has 0 amide bonds. The summed E-state index contributed by atoms with van der Waals surface area (Å²) in [6.45, 7) is 0. The highest BCUT2D eigenvalue weighted by Gasteiger charge is 2.17. The molecule has 0 heterocycles. The first kappa shape index (κ1) is 11.9. The van der Waals surface area contributed by atoms with Gasteiger partial charge in [-0.3, -0.25) is 9.59 Å². The van der Waals surface area contributed by atoms with Crippen LogP contribution in [0, 0.1) is 0 Å². The van der Waals surface area contributed by atoms with E-state index in [1.807, 2.05) is 0 Å². The maximum absolute atomic E-state index is 10.2. The zero-order valence-electron chi connectivity index (χ0n) is 7.01. The molecule has 6 heteroatoms. The highest BCUT2D eigenvalue weighted by atomic mass is 16.4. The minimum absolute atomic E-state index is 0.0241. The second-order valence-electron chi connectivity index (χ2n) is 2.77. The Hall–Kier alpha value is -1.14. The lowest BCUT2D eigenvalue weighted by atomic mass is 10.1. The molecular formula is C7H13NO5. The summed E-state index contributed by atoms with van der Waals surface area (Å²) >= 11 is 0. The fraction of sp³-hybridized carbons (Fsp3) is 0.714. The second-order valence-corrected chi connectivity index (χ2v) is 2.77. The molecule has 13 heavy (non-hydrogen) atoms. The Balaban J connectivity index is 3.67. The van der Waals surface area contributed by atoms with Gasteiger partial charge >= 0.3 is 11.9 Å². The van der Waals surface area contributed by atoms with Crippen molar-refractivity contribution in [3.8, 4) is 0 Å². The number of carboxylic acids is 2. The fourth-order valence-corrected chi connectivity index (χ4v) is 0.802. The molecule has 6 nitrogen and oxygen atoms in total. The summed E-state index contributed by atoms with van der Waals surface area (Å²) in [5, 5.41) is 25.7. The molecule has 0 aromatic carbocycles. The summed E-state index contributed by atoms with van der Waals surface area (Å²) in [5.74, 6) is -2.22. The van der Waals surface area contributed by atoms with Crippen molar-refractivity contribution < 1.29 is 24.9 Å². The zero-order valence-corrected chi connectivity index (χ0v) is 7.01. The summed E-state index contributed by atoms with van der Waals surface area (Å²) in [6, 6.07) is -1.14. The Bertz CT molecular complexity index is 193. The molecule has 0 saturated heterocycles. The molecule has 0 aromatic rings. The summed E-state index contributed by atoms with van der Waals surface area (Å²) < 4.78 is 0. The molecule has 2 atom stereocenters. The van der Waals surface area contributed by atoms with Crippen LogP contribution in [0.25, 0.3) is 0 Å². The summed E-state index contributed by atoms with van der Waals surface area (Å²) in [6.07, 6.45) is -1.26. The Morgan fingerprint density at radius 1 is 1.31 bits per heavy atom. The average molecular weight is 191 g/mol. The topological polar surface area (TPSA) is 121 Å². The van der Waals surface area contributed by atoms with Crippen LogP contribution in [0.5, 0.6) is 0 Å². The third-order valence-corrected chi connectivity index (χ3v) is 1.53. The zero-order chi connectivity index (χ0) is 10.4. The van der Waals surface area contributed by atoms with Crippen molar-refractivity contribution in [3.05, 3.63) is 0 Å². The van der Waals surface area contributed by atoms with Crippen LogP contribution in [0.2, 0.25) is 0 Å². The first-order chi connectivity index (χ1) is 5.93. The SMILES string of the molecule is N[C@@H](C[C@H](O)CCC(=O)O)C(=O)O. The van der Waals surface area contributed by atoms with Crippen LogP contribution < -0.4 is 5.73 Å². The van der Waals surface area contributed by atoms with Crippen molar-refractivity contribution in [2.24, 2.45) is 5.73 Å². The average Bonchev–Trinajstić information content (AvgIpc) is 2.00. The van der Waals surface area contributed by atoms with Crippen LogP contribution in [-0.4, -0.2) is 39.4 Å². The molecular weight excluding hydrogens is 178 g/mol. The quantitative estimate of drug-likeness (QED) is 0.428. The van der Waals surface area contributed by atoms with Gasteiger partial charge in [-0.25, -0.2) is 0 Å². The lowest BCUT2D eigenvalue weighted by Gasteiger charge is -2.11. The lowest BCUT2D eigenvalue weighted by Crippen LogP contribution is -2.34. The van der Waals surface area contributed by atoms with Gasteiger partial charge in [0.25, 0.3) is 0 Å². The van der Waals surface area contributed by atoms with Gasteiger partial charge in [0.15, 0.2) is 0 Å². The van der Waals surface area contributed by atoms with Crippen molar-refractivity contribution in [2.45, 2.75) is 31.4 Å². The van der Waals surface area contributed by atoms with E-state index in [1.165, 1.54) is 0 Å². The number of aliphatic hydroxyl groups is 1. The minimum atomic E-state index is -1.20. The molecule has 76 valence electrons. The molecule has 0 radical (unpaired) electrons. The van der Waals surface area contributed by atoms with Gasteiger partial charge in [0.2, 0.25) is 0 Å². The van der Waals surface area contributed by atoms with E-state index in [4.69, 9.17) is 21.1 Å². The van der Waals surface area contributed by atoms with Crippen LogP contribution in [0.3, 0.4) is 0 Å². The molecule has 0 aromatic heterocycles. The van der Waals surface area contributed by atoms with Gasteiger partial charge in [0, 0.05) is 6.42 Å². The second kappa shape index (κ2) is 5.50. The maximum atomic E-state index is 10.2. The van der Waals surface area contributed by atoms with Crippen LogP contribution in [0.15, 0.2) is 0 Å². The van der Waals surface area contributed by atoms with E-state index in [9.17, 15) is 9.59 Å². The van der Waals surface area contributed by atoms with Crippen LogP contribution in [0.4, 0.5) is 0 Å². The Kier molecular flexibility index (Phi) is 5.01. The van der Waals surface area contributed by atoms with Gasteiger partial charge in [-0.15, -0.1) is 0 Å². The maximum Gasteiger partial charge on any atom is 0.320 e. The number of aliphatic hydroxyl groups excluding tert-OH is 1. The monoisotopic (exact) mass is 191 g/mol. The van der Waals surface area contributed by atoms with E-state index in [0.29, 0.717) is 0 Å². The molecule has 0 rings (SSSR count).